The molecule has 1 fully saturated rings. The third-order valence-corrected chi connectivity index (χ3v) is 5.99. The number of hydrogen-bond donors (Lipinski definition) is 2. The van der Waals surface area contributed by atoms with Gasteiger partial charge in [-0.3, -0.25) is 4.98 Å². The van der Waals surface area contributed by atoms with Gasteiger partial charge >= 0.3 is 6.09 Å². The van der Waals surface area contributed by atoms with Crippen LogP contribution in [0.15, 0.2) is 42.6 Å². The quantitative estimate of drug-likeness (QED) is 0.541. The number of carbonyl (C=O) groups is 1. The van der Waals surface area contributed by atoms with Gasteiger partial charge in [0, 0.05) is 63.0 Å². The first kappa shape index (κ1) is 22.5. The van der Waals surface area contributed by atoms with Gasteiger partial charge in [-0.1, -0.05) is 11.6 Å². The number of rotatable bonds is 5. The van der Waals surface area contributed by atoms with E-state index in [2.05, 4.69) is 16.4 Å². The molecule has 33 heavy (non-hydrogen) atoms. The molecule has 8 nitrogen and oxygen atoms in total. The Hall–Kier alpha value is -3.70. The fraction of sp³-hybridized carbons (Fsp3) is 0.292. The highest BCUT2D eigenvalue weighted by atomic mass is 35.5. The van der Waals surface area contributed by atoms with Gasteiger partial charge in [0.25, 0.3) is 0 Å². The number of nitriles is 1. The summed E-state index contributed by atoms with van der Waals surface area (Å²) >= 11 is 6.50. The molecule has 9 heteroatoms. The monoisotopic (exact) mass is 465 g/mol. The summed E-state index contributed by atoms with van der Waals surface area (Å²) in [6.07, 6.45) is 1.80. The van der Waals surface area contributed by atoms with Crippen molar-refractivity contribution < 1.29 is 14.6 Å². The summed E-state index contributed by atoms with van der Waals surface area (Å²) < 4.78 is 6.03. The number of benzene rings is 2. The summed E-state index contributed by atoms with van der Waals surface area (Å²) in [5.41, 5.74) is 3.59. The molecule has 1 aliphatic heterocycles. The fourth-order valence-corrected chi connectivity index (χ4v) is 4.07. The summed E-state index contributed by atoms with van der Waals surface area (Å²) in [6.45, 7) is 0.885. The highest BCUT2D eigenvalue weighted by Gasteiger charge is 2.24. The Labute approximate surface area is 197 Å². The van der Waals surface area contributed by atoms with Crippen molar-refractivity contribution in [1.82, 2.24) is 9.88 Å². The third kappa shape index (κ3) is 4.89. The number of nitrogens with zero attached hydrogens (tertiary/aromatic N) is 4. The van der Waals surface area contributed by atoms with Gasteiger partial charge in [0.05, 0.1) is 21.8 Å². The molecular formula is C24H24ClN5O3. The van der Waals surface area contributed by atoms with Crippen molar-refractivity contribution in [3.63, 3.8) is 0 Å². The Morgan fingerprint density at radius 3 is 2.67 bits per heavy atom. The van der Waals surface area contributed by atoms with E-state index in [4.69, 9.17) is 21.4 Å². The maximum absolute atomic E-state index is 11.1. The molecular weight excluding hydrogens is 442 g/mol. The standard InChI is InChI=1S/C24H24ClN5O3/c1-29(2)17-4-5-21-19(12-17)23(15(13-26)14-27-21)28-16-3-6-22(20(25)11-16)33-18-7-9-30(10-8-18)24(31)32/h3-6,11-12,14,18H,7-10H2,1-2H3,(H,27,28)(H,31,32). The van der Waals surface area contributed by atoms with E-state index in [9.17, 15) is 10.1 Å². The predicted octanol–water partition coefficient (Wildman–Crippen LogP) is 5.09. The van der Waals surface area contributed by atoms with Crippen LogP contribution in [0.3, 0.4) is 0 Å². The van der Waals surface area contributed by atoms with Crippen LogP contribution in [0.2, 0.25) is 5.02 Å². The lowest BCUT2D eigenvalue weighted by Crippen LogP contribution is -2.41. The lowest BCUT2D eigenvalue weighted by molar-refractivity contribution is 0.0895. The number of hydrogen-bond acceptors (Lipinski definition) is 6. The van der Waals surface area contributed by atoms with Gasteiger partial charge in [0.1, 0.15) is 17.9 Å². The first-order valence-electron chi connectivity index (χ1n) is 10.6. The first-order valence-corrected chi connectivity index (χ1v) is 10.9. The minimum absolute atomic E-state index is 0.0873. The van der Waals surface area contributed by atoms with Crippen LogP contribution in [0.1, 0.15) is 18.4 Å². The predicted molar refractivity (Wildman–Crippen MR) is 129 cm³/mol. The smallest absolute Gasteiger partial charge is 0.407 e. The molecule has 3 aromatic rings. The van der Waals surface area contributed by atoms with Crippen LogP contribution >= 0.6 is 11.6 Å². The van der Waals surface area contributed by atoms with Crippen LogP contribution in [0.5, 0.6) is 5.75 Å². The molecule has 0 saturated carbocycles. The molecule has 1 saturated heterocycles. The maximum atomic E-state index is 11.1. The molecule has 4 rings (SSSR count). The maximum Gasteiger partial charge on any atom is 0.407 e. The Balaban J connectivity index is 1.56. The normalized spacial score (nSPS) is 14.1. The van der Waals surface area contributed by atoms with Gasteiger partial charge in [-0.05, 0) is 36.4 Å². The zero-order valence-corrected chi connectivity index (χ0v) is 19.1. The summed E-state index contributed by atoms with van der Waals surface area (Å²) in [4.78, 5) is 18.9. The Kier molecular flexibility index (Phi) is 6.43. The molecule has 0 bridgehead atoms. The zero-order chi connectivity index (χ0) is 23.5. The van der Waals surface area contributed by atoms with Crippen molar-refractivity contribution in [2.24, 2.45) is 0 Å². The SMILES string of the molecule is CN(C)c1ccc2ncc(C#N)c(Nc3ccc(OC4CCN(C(=O)O)CC4)c(Cl)c3)c2c1. The number of amides is 1. The fourth-order valence-electron chi connectivity index (χ4n) is 3.84. The van der Waals surface area contributed by atoms with E-state index in [1.54, 1.807) is 18.3 Å². The van der Waals surface area contributed by atoms with Crippen LogP contribution in [0, 0.1) is 11.3 Å². The van der Waals surface area contributed by atoms with E-state index in [1.807, 2.05) is 43.3 Å². The Morgan fingerprint density at radius 1 is 1.27 bits per heavy atom. The molecule has 0 radical (unpaired) electrons. The highest BCUT2D eigenvalue weighted by molar-refractivity contribution is 6.32. The topological polar surface area (TPSA) is 102 Å². The van der Waals surface area contributed by atoms with Gasteiger partial charge in [0.15, 0.2) is 0 Å². The molecule has 2 aromatic carbocycles. The molecule has 170 valence electrons. The number of nitrogens with one attached hydrogen (secondary N) is 1. The van der Waals surface area contributed by atoms with Crippen molar-refractivity contribution in [3.05, 3.63) is 53.2 Å². The largest absolute Gasteiger partial charge is 0.489 e. The molecule has 0 spiro atoms. The van der Waals surface area contributed by atoms with Crippen molar-refractivity contribution in [2.75, 3.05) is 37.4 Å². The van der Waals surface area contributed by atoms with Crippen LogP contribution in [0.25, 0.3) is 10.9 Å². The number of halogens is 1. The minimum atomic E-state index is -0.903. The van der Waals surface area contributed by atoms with E-state index >= 15 is 0 Å². The van der Waals surface area contributed by atoms with Gasteiger partial charge in [-0.2, -0.15) is 5.26 Å². The summed E-state index contributed by atoms with van der Waals surface area (Å²) in [7, 11) is 3.92. The number of ether oxygens (including phenoxy) is 1. The Morgan fingerprint density at radius 2 is 2.03 bits per heavy atom. The minimum Gasteiger partial charge on any atom is -0.489 e. The van der Waals surface area contributed by atoms with Gasteiger partial charge < -0.3 is 25.0 Å². The van der Waals surface area contributed by atoms with E-state index in [-0.39, 0.29) is 6.10 Å². The number of likely N-dealkylation sites (tertiary alicyclic amines) is 1. The molecule has 1 aromatic heterocycles. The average Bonchev–Trinajstić information content (AvgIpc) is 2.81. The first-order chi connectivity index (χ1) is 15.9. The van der Waals surface area contributed by atoms with Crippen LogP contribution in [-0.2, 0) is 0 Å². The van der Waals surface area contributed by atoms with Crippen molar-refractivity contribution in [1.29, 1.82) is 5.26 Å². The van der Waals surface area contributed by atoms with Crippen LogP contribution in [-0.4, -0.2) is 54.4 Å². The number of fused-ring (bicyclic) bond motifs is 1. The van der Waals surface area contributed by atoms with Gasteiger partial charge in [-0.15, -0.1) is 0 Å². The van der Waals surface area contributed by atoms with E-state index in [0.29, 0.717) is 53.6 Å². The second-order valence-electron chi connectivity index (χ2n) is 8.11. The number of carboxylic acid groups (broad SMARTS) is 1. The molecule has 1 aliphatic rings. The van der Waals surface area contributed by atoms with Gasteiger partial charge in [0.2, 0.25) is 0 Å². The van der Waals surface area contributed by atoms with Crippen molar-refractivity contribution in [2.45, 2.75) is 18.9 Å². The van der Waals surface area contributed by atoms with E-state index < -0.39 is 6.09 Å². The Bertz CT molecular complexity index is 1230. The number of aromatic nitrogens is 1. The zero-order valence-electron chi connectivity index (χ0n) is 18.4. The van der Waals surface area contributed by atoms with Crippen molar-refractivity contribution in [3.8, 4) is 11.8 Å². The molecule has 0 atom stereocenters. The highest BCUT2D eigenvalue weighted by Crippen LogP contribution is 2.35. The van der Waals surface area contributed by atoms with Crippen LogP contribution < -0.4 is 15.0 Å². The number of pyridine rings is 1. The molecule has 0 aliphatic carbocycles. The van der Waals surface area contributed by atoms with Crippen LogP contribution in [0.4, 0.5) is 21.9 Å². The summed E-state index contributed by atoms with van der Waals surface area (Å²) in [5, 5.41) is 23.3. The van der Waals surface area contributed by atoms with E-state index in [0.717, 1.165) is 16.6 Å². The molecule has 0 unspecified atom stereocenters. The second kappa shape index (κ2) is 9.43. The molecule has 2 heterocycles. The number of piperidine rings is 1. The second-order valence-corrected chi connectivity index (χ2v) is 8.52. The third-order valence-electron chi connectivity index (χ3n) is 5.70. The average molecular weight is 466 g/mol. The number of anilines is 3. The summed E-state index contributed by atoms with van der Waals surface area (Å²) in [5.74, 6) is 0.547. The molecule has 2 N–H and O–H groups in total. The van der Waals surface area contributed by atoms with Gasteiger partial charge in [-0.25, -0.2) is 4.79 Å². The molecule has 1 amide bonds. The lowest BCUT2D eigenvalue weighted by atomic mass is 10.1. The lowest BCUT2D eigenvalue weighted by Gasteiger charge is -2.30. The summed E-state index contributed by atoms with van der Waals surface area (Å²) in [6, 6.07) is 13.5. The van der Waals surface area contributed by atoms with Crippen molar-refractivity contribution >= 4 is 45.7 Å². The van der Waals surface area contributed by atoms with E-state index in [1.165, 1.54) is 4.90 Å².